The first-order valence-electron chi connectivity index (χ1n) is 8.56. The highest BCUT2D eigenvalue weighted by Gasteiger charge is 2.22. The van der Waals surface area contributed by atoms with Crippen molar-refractivity contribution in [3.63, 3.8) is 0 Å². The number of anilines is 1. The molecule has 0 unspecified atom stereocenters. The Labute approximate surface area is 154 Å². The van der Waals surface area contributed by atoms with E-state index in [2.05, 4.69) is 24.9 Å². The van der Waals surface area contributed by atoms with Gasteiger partial charge in [-0.1, -0.05) is 0 Å². The Morgan fingerprint density at radius 2 is 2.00 bits per heavy atom. The second-order valence-electron chi connectivity index (χ2n) is 6.04. The molecule has 0 bridgehead atoms. The van der Waals surface area contributed by atoms with Crippen molar-refractivity contribution in [1.82, 2.24) is 24.5 Å². The fraction of sp³-hybridized carbons (Fsp3) is 0.667. The monoisotopic (exact) mass is 385 g/mol. The van der Waals surface area contributed by atoms with Crippen LogP contribution in [0.4, 0.5) is 5.82 Å². The Bertz CT molecular complexity index is 783. The standard InChI is InChI=1S/C15H27N7O3S/c1-4-16-15(18-5-6-19-26(3,24)25)22-11-9-21(10-12-22)13-14(23)20(2)8-7-17-13/h7-8,19H,4-6,9-12H2,1-3H3,(H,16,18). The number of hydrogen-bond donors (Lipinski definition) is 2. The van der Waals surface area contributed by atoms with Crippen LogP contribution in [0.25, 0.3) is 0 Å². The molecule has 2 rings (SSSR count). The summed E-state index contributed by atoms with van der Waals surface area (Å²) in [5.74, 6) is 1.21. The van der Waals surface area contributed by atoms with Gasteiger partial charge in [0.05, 0.1) is 12.8 Å². The van der Waals surface area contributed by atoms with Gasteiger partial charge in [-0.15, -0.1) is 0 Å². The van der Waals surface area contributed by atoms with Gasteiger partial charge in [0.2, 0.25) is 10.0 Å². The Kier molecular flexibility index (Phi) is 6.98. The minimum absolute atomic E-state index is 0.103. The second kappa shape index (κ2) is 8.99. The third-order valence-electron chi connectivity index (χ3n) is 3.95. The smallest absolute Gasteiger partial charge is 0.293 e. The van der Waals surface area contributed by atoms with Crippen LogP contribution in [0.3, 0.4) is 0 Å². The van der Waals surface area contributed by atoms with Gasteiger partial charge in [-0.2, -0.15) is 0 Å². The Balaban J connectivity index is 1.96. The highest BCUT2D eigenvalue weighted by atomic mass is 32.2. The van der Waals surface area contributed by atoms with E-state index in [9.17, 15) is 13.2 Å². The molecule has 1 fully saturated rings. The summed E-state index contributed by atoms with van der Waals surface area (Å²) < 4.78 is 26.2. The molecule has 146 valence electrons. The molecule has 0 aromatic carbocycles. The molecule has 1 aliphatic heterocycles. The molecule has 10 nitrogen and oxygen atoms in total. The predicted octanol–water partition coefficient (Wildman–Crippen LogP) is -1.58. The van der Waals surface area contributed by atoms with Crippen LogP contribution in [0.15, 0.2) is 22.2 Å². The number of rotatable bonds is 6. The average Bonchev–Trinajstić information content (AvgIpc) is 2.59. The molecule has 0 radical (unpaired) electrons. The number of nitrogens with one attached hydrogen (secondary N) is 2. The van der Waals surface area contributed by atoms with Crippen molar-refractivity contribution in [1.29, 1.82) is 0 Å². The lowest BCUT2D eigenvalue weighted by molar-refractivity contribution is 0.371. The Morgan fingerprint density at radius 3 is 2.62 bits per heavy atom. The topological polar surface area (TPSA) is 112 Å². The fourth-order valence-corrected chi connectivity index (χ4v) is 3.11. The molecule has 26 heavy (non-hydrogen) atoms. The van der Waals surface area contributed by atoms with Crippen LogP contribution in [0.5, 0.6) is 0 Å². The summed E-state index contributed by atoms with van der Waals surface area (Å²) in [6.07, 6.45) is 4.40. The maximum atomic E-state index is 12.2. The summed E-state index contributed by atoms with van der Waals surface area (Å²) in [6.45, 7) is 6.05. The Hall–Kier alpha value is -2.14. The number of sulfonamides is 1. The lowest BCUT2D eigenvalue weighted by Crippen LogP contribution is -2.53. The van der Waals surface area contributed by atoms with E-state index in [1.807, 2.05) is 11.8 Å². The SMILES string of the molecule is CCNC(=NCCNS(C)(=O)=O)N1CCN(c2nccn(C)c2=O)CC1. The highest BCUT2D eigenvalue weighted by molar-refractivity contribution is 7.88. The number of guanidine groups is 1. The molecule has 0 atom stereocenters. The summed E-state index contributed by atoms with van der Waals surface area (Å²) in [7, 11) is -1.49. The summed E-state index contributed by atoms with van der Waals surface area (Å²) in [4.78, 5) is 25.0. The summed E-state index contributed by atoms with van der Waals surface area (Å²) in [5, 5.41) is 3.22. The first kappa shape index (κ1) is 20.2. The maximum absolute atomic E-state index is 12.2. The molecule has 0 aliphatic carbocycles. The summed E-state index contributed by atoms with van der Waals surface area (Å²) in [6, 6.07) is 0. The number of aliphatic imine (C=N–C) groups is 1. The zero-order chi connectivity index (χ0) is 19.2. The molecule has 1 aliphatic rings. The molecular weight excluding hydrogens is 358 g/mol. The third kappa shape index (κ3) is 5.70. The van der Waals surface area contributed by atoms with Gasteiger partial charge < -0.3 is 19.7 Å². The lowest BCUT2D eigenvalue weighted by atomic mass is 10.3. The second-order valence-corrected chi connectivity index (χ2v) is 7.88. The molecule has 0 amide bonds. The van der Waals surface area contributed by atoms with E-state index in [0.29, 0.717) is 38.5 Å². The van der Waals surface area contributed by atoms with Crippen molar-refractivity contribution in [2.45, 2.75) is 6.92 Å². The van der Waals surface area contributed by atoms with Gasteiger partial charge in [-0.25, -0.2) is 18.1 Å². The van der Waals surface area contributed by atoms with E-state index in [4.69, 9.17) is 0 Å². The minimum atomic E-state index is -3.20. The number of nitrogens with zero attached hydrogens (tertiary/aromatic N) is 5. The highest BCUT2D eigenvalue weighted by Crippen LogP contribution is 2.08. The van der Waals surface area contributed by atoms with Gasteiger partial charge in [0.15, 0.2) is 11.8 Å². The molecule has 0 saturated carbocycles. The average molecular weight is 385 g/mol. The quantitative estimate of drug-likeness (QED) is 0.345. The maximum Gasteiger partial charge on any atom is 0.293 e. The number of aryl methyl sites for hydroxylation is 1. The van der Waals surface area contributed by atoms with E-state index in [1.165, 1.54) is 4.57 Å². The van der Waals surface area contributed by atoms with Gasteiger partial charge in [0.25, 0.3) is 5.56 Å². The van der Waals surface area contributed by atoms with Crippen LogP contribution in [0.1, 0.15) is 6.92 Å². The molecule has 2 heterocycles. The number of piperazine rings is 1. The van der Waals surface area contributed by atoms with Crippen molar-refractivity contribution < 1.29 is 8.42 Å². The van der Waals surface area contributed by atoms with Crippen LogP contribution in [0, 0.1) is 0 Å². The molecular formula is C15H27N7O3S. The predicted molar refractivity (Wildman–Crippen MR) is 102 cm³/mol. The molecule has 11 heteroatoms. The van der Waals surface area contributed by atoms with Crippen LogP contribution in [0.2, 0.25) is 0 Å². The van der Waals surface area contributed by atoms with Crippen LogP contribution < -0.4 is 20.5 Å². The van der Waals surface area contributed by atoms with Crippen LogP contribution >= 0.6 is 0 Å². The zero-order valence-electron chi connectivity index (χ0n) is 15.5. The molecule has 1 saturated heterocycles. The third-order valence-corrected chi connectivity index (χ3v) is 4.68. The minimum Gasteiger partial charge on any atom is -0.357 e. The van der Waals surface area contributed by atoms with Crippen molar-refractivity contribution >= 4 is 21.8 Å². The van der Waals surface area contributed by atoms with Gasteiger partial charge in [-0.05, 0) is 6.92 Å². The Morgan fingerprint density at radius 1 is 1.31 bits per heavy atom. The van der Waals surface area contributed by atoms with Gasteiger partial charge in [0, 0.05) is 58.7 Å². The van der Waals surface area contributed by atoms with Gasteiger partial charge in [0.1, 0.15) is 0 Å². The first-order valence-corrected chi connectivity index (χ1v) is 10.5. The van der Waals surface area contributed by atoms with E-state index < -0.39 is 10.0 Å². The van der Waals surface area contributed by atoms with Crippen LogP contribution in [-0.2, 0) is 17.1 Å². The molecule has 1 aromatic rings. The van der Waals surface area contributed by atoms with Crippen molar-refractivity contribution in [3.8, 4) is 0 Å². The molecule has 1 aromatic heterocycles. The zero-order valence-corrected chi connectivity index (χ0v) is 16.3. The number of aromatic nitrogens is 2. The van der Waals surface area contributed by atoms with E-state index in [0.717, 1.165) is 18.8 Å². The van der Waals surface area contributed by atoms with E-state index in [-0.39, 0.29) is 12.1 Å². The summed E-state index contributed by atoms with van der Waals surface area (Å²) in [5.41, 5.74) is -0.103. The first-order chi connectivity index (χ1) is 12.3. The van der Waals surface area contributed by atoms with Crippen molar-refractivity contribution in [3.05, 3.63) is 22.7 Å². The molecule has 2 N–H and O–H groups in total. The molecule has 0 spiro atoms. The van der Waals surface area contributed by atoms with Crippen LogP contribution in [-0.4, -0.2) is 80.9 Å². The van der Waals surface area contributed by atoms with E-state index in [1.54, 1.807) is 19.4 Å². The van der Waals surface area contributed by atoms with Crippen molar-refractivity contribution in [2.75, 3.05) is 57.0 Å². The number of hydrogen-bond acceptors (Lipinski definition) is 6. The van der Waals surface area contributed by atoms with E-state index >= 15 is 0 Å². The summed E-state index contributed by atoms with van der Waals surface area (Å²) >= 11 is 0. The fourth-order valence-electron chi connectivity index (χ4n) is 2.65. The largest absolute Gasteiger partial charge is 0.357 e. The normalized spacial score (nSPS) is 16.0. The lowest BCUT2D eigenvalue weighted by Gasteiger charge is -2.36. The van der Waals surface area contributed by atoms with Gasteiger partial charge in [-0.3, -0.25) is 9.79 Å². The van der Waals surface area contributed by atoms with Gasteiger partial charge >= 0.3 is 0 Å². The van der Waals surface area contributed by atoms with Crippen molar-refractivity contribution in [2.24, 2.45) is 12.0 Å².